The van der Waals surface area contributed by atoms with Gasteiger partial charge in [0.2, 0.25) is 0 Å². The number of aromatic carboxylic acids is 1. The number of aromatic nitrogens is 1. The first kappa shape index (κ1) is 16.3. The number of alkyl halides is 3. The van der Waals surface area contributed by atoms with Crippen LogP contribution in [0.25, 0.3) is 0 Å². The van der Waals surface area contributed by atoms with Crippen molar-refractivity contribution in [1.29, 1.82) is 0 Å². The Bertz CT molecular complexity index is 557. The summed E-state index contributed by atoms with van der Waals surface area (Å²) in [6.07, 6.45) is -2.28. The van der Waals surface area contributed by atoms with Gasteiger partial charge in [0.15, 0.2) is 0 Å². The molecule has 0 unspecified atom stereocenters. The van der Waals surface area contributed by atoms with E-state index in [2.05, 4.69) is 10.3 Å². The number of pyridine rings is 1. The molecule has 0 aromatic carbocycles. The van der Waals surface area contributed by atoms with Crippen molar-refractivity contribution in [3.63, 3.8) is 0 Å². The quantitative estimate of drug-likeness (QED) is 0.898. The van der Waals surface area contributed by atoms with E-state index in [4.69, 9.17) is 5.11 Å². The predicted octanol–water partition coefficient (Wildman–Crippen LogP) is 2.63. The predicted molar refractivity (Wildman–Crippen MR) is 70.5 cm³/mol. The summed E-state index contributed by atoms with van der Waals surface area (Å²) in [5.41, 5.74) is -0.0783. The van der Waals surface area contributed by atoms with Gasteiger partial charge < -0.3 is 10.4 Å². The minimum absolute atomic E-state index is 0.0880. The molecule has 8 heteroatoms. The number of carboxylic acids is 1. The van der Waals surface area contributed by atoms with Crippen LogP contribution in [0.2, 0.25) is 0 Å². The number of hydrogen-bond acceptors (Lipinski definition) is 3. The summed E-state index contributed by atoms with van der Waals surface area (Å²) in [5.74, 6) is -3.15. The number of rotatable bonds is 3. The average Bonchev–Trinajstić information content (AvgIpc) is 2.46. The first-order valence-corrected chi connectivity index (χ1v) is 6.84. The lowest BCUT2D eigenvalue weighted by molar-refractivity contribution is -0.183. The SMILES string of the molecule is O=C(N[C@H]1CCC[C@@H](C(F)(F)F)C1)c1ccc(C(=O)O)nc1. The van der Waals surface area contributed by atoms with E-state index >= 15 is 0 Å². The highest BCUT2D eigenvalue weighted by Gasteiger charge is 2.42. The number of carboxylic acid groups (broad SMARTS) is 1. The van der Waals surface area contributed by atoms with Crippen LogP contribution in [0.15, 0.2) is 18.3 Å². The third-order valence-electron chi connectivity index (χ3n) is 3.72. The fourth-order valence-electron chi connectivity index (χ4n) is 2.54. The molecule has 1 aliphatic rings. The second kappa shape index (κ2) is 6.33. The van der Waals surface area contributed by atoms with Crippen LogP contribution in [0.1, 0.15) is 46.5 Å². The maximum absolute atomic E-state index is 12.7. The molecule has 1 heterocycles. The molecule has 1 aliphatic carbocycles. The Morgan fingerprint density at radius 3 is 2.55 bits per heavy atom. The Kier molecular flexibility index (Phi) is 4.68. The van der Waals surface area contributed by atoms with Crippen molar-refractivity contribution in [3.8, 4) is 0 Å². The van der Waals surface area contributed by atoms with Gasteiger partial charge in [-0.25, -0.2) is 9.78 Å². The smallest absolute Gasteiger partial charge is 0.391 e. The number of carbonyl (C=O) groups is 2. The number of halogens is 3. The molecule has 1 fully saturated rings. The molecule has 2 N–H and O–H groups in total. The van der Waals surface area contributed by atoms with Crippen molar-refractivity contribution >= 4 is 11.9 Å². The normalized spacial score (nSPS) is 22.1. The van der Waals surface area contributed by atoms with E-state index in [0.29, 0.717) is 12.8 Å². The second-order valence-corrected chi connectivity index (χ2v) is 5.31. The molecule has 1 amide bonds. The van der Waals surface area contributed by atoms with Crippen molar-refractivity contribution in [3.05, 3.63) is 29.6 Å². The van der Waals surface area contributed by atoms with E-state index in [9.17, 15) is 22.8 Å². The molecule has 0 spiro atoms. The summed E-state index contributed by atoms with van der Waals surface area (Å²) < 4.78 is 38.2. The van der Waals surface area contributed by atoms with Gasteiger partial charge in [-0.3, -0.25) is 4.79 Å². The summed E-state index contributed by atoms with van der Waals surface area (Å²) in [5, 5.41) is 11.3. The van der Waals surface area contributed by atoms with Gasteiger partial charge in [0.25, 0.3) is 5.91 Å². The summed E-state index contributed by atoms with van der Waals surface area (Å²) >= 11 is 0. The molecule has 2 atom stereocenters. The van der Waals surface area contributed by atoms with Gasteiger partial charge in [0.05, 0.1) is 11.5 Å². The molecular formula is C14H15F3N2O3. The zero-order chi connectivity index (χ0) is 16.3. The standard InChI is InChI=1S/C14H15F3N2O3/c15-14(16,17)9-2-1-3-10(6-9)19-12(20)8-4-5-11(13(21)22)18-7-8/h4-5,7,9-10H,1-3,6H2,(H,19,20)(H,21,22)/t9-,10+/m1/s1. The zero-order valence-electron chi connectivity index (χ0n) is 11.6. The second-order valence-electron chi connectivity index (χ2n) is 5.31. The molecule has 1 aromatic heterocycles. The topological polar surface area (TPSA) is 79.3 Å². The molecule has 1 saturated carbocycles. The molecular weight excluding hydrogens is 301 g/mol. The third kappa shape index (κ3) is 3.96. The van der Waals surface area contributed by atoms with Crippen molar-refractivity contribution < 1.29 is 27.9 Å². The van der Waals surface area contributed by atoms with Gasteiger partial charge in [0, 0.05) is 12.2 Å². The minimum Gasteiger partial charge on any atom is -0.477 e. The maximum atomic E-state index is 12.7. The summed E-state index contributed by atoms with van der Waals surface area (Å²) in [6, 6.07) is 1.93. The summed E-state index contributed by atoms with van der Waals surface area (Å²) in [4.78, 5) is 26.2. The Morgan fingerprint density at radius 2 is 2.00 bits per heavy atom. The Morgan fingerprint density at radius 1 is 1.27 bits per heavy atom. The molecule has 0 bridgehead atoms. The summed E-state index contributed by atoms with van der Waals surface area (Å²) in [6.45, 7) is 0. The first-order valence-electron chi connectivity index (χ1n) is 6.84. The molecule has 120 valence electrons. The van der Waals surface area contributed by atoms with Crippen LogP contribution >= 0.6 is 0 Å². The van der Waals surface area contributed by atoms with E-state index in [1.807, 2.05) is 0 Å². The van der Waals surface area contributed by atoms with E-state index in [-0.39, 0.29) is 24.1 Å². The van der Waals surface area contributed by atoms with E-state index < -0.39 is 30.0 Å². The summed E-state index contributed by atoms with van der Waals surface area (Å²) in [7, 11) is 0. The Labute approximate surface area is 124 Å². The average molecular weight is 316 g/mol. The van der Waals surface area contributed by atoms with Gasteiger partial charge in [-0.15, -0.1) is 0 Å². The maximum Gasteiger partial charge on any atom is 0.391 e. The highest BCUT2D eigenvalue weighted by molar-refractivity contribution is 5.95. The van der Waals surface area contributed by atoms with Gasteiger partial charge >= 0.3 is 12.1 Å². The number of nitrogens with zero attached hydrogens (tertiary/aromatic N) is 1. The number of carbonyl (C=O) groups excluding carboxylic acids is 1. The van der Waals surface area contributed by atoms with E-state index in [1.165, 1.54) is 12.1 Å². The highest BCUT2D eigenvalue weighted by Crippen LogP contribution is 2.37. The Hall–Kier alpha value is -2.12. The fourth-order valence-corrected chi connectivity index (χ4v) is 2.54. The Balaban J connectivity index is 1.98. The van der Waals surface area contributed by atoms with E-state index in [1.54, 1.807) is 0 Å². The molecule has 5 nitrogen and oxygen atoms in total. The molecule has 1 aromatic rings. The van der Waals surface area contributed by atoms with Gasteiger partial charge in [0.1, 0.15) is 5.69 Å². The van der Waals surface area contributed by atoms with Crippen LogP contribution in [0.3, 0.4) is 0 Å². The van der Waals surface area contributed by atoms with Gasteiger partial charge in [-0.1, -0.05) is 6.42 Å². The van der Waals surface area contributed by atoms with Crippen LogP contribution in [-0.2, 0) is 0 Å². The van der Waals surface area contributed by atoms with Crippen LogP contribution < -0.4 is 5.32 Å². The van der Waals surface area contributed by atoms with Crippen molar-refractivity contribution in [2.24, 2.45) is 5.92 Å². The molecule has 0 aliphatic heterocycles. The largest absolute Gasteiger partial charge is 0.477 e. The van der Waals surface area contributed by atoms with Crippen LogP contribution in [-0.4, -0.2) is 34.2 Å². The molecule has 0 radical (unpaired) electrons. The number of hydrogen-bond donors (Lipinski definition) is 2. The zero-order valence-corrected chi connectivity index (χ0v) is 11.6. The third-order valence-corrected chi connectivity index (χ3v) is 3.72. The molecule has 22 heavy (non-hydrogen) atoms. The minimum atomic E-state index is -4.24. The fraction of sp³-hybridized carbons (Fsp3) is 0.500. The van der Waals surface area contributed by atoms with Gasteiger partial charge in [-0.05, 0) is 31.4 Å². The monoisotopic (exact) mass is 316 g/mol. The lowest BCUT2D eigenvalue weighted by atomic mass is 9.85. The number of amides is 1. The molecule has 0 saturated heterocycles. The van der Waals surface area contributed by atoms with Crippen LogP contribution in [0.4, 0.5) is 13.2 Å². The van der Waals surface area contributed by atoms with Crippen LogP contribution in [0, 0.1) is 5.92 Å². The van der Waals surface area contributed by atoms with Crippen LogP contribution in [0.5, 0.6) is 0 Å². The van der Waals surface area contributed by atoms with Crippen molar-refractivity contribution in [1.82, 2.24) is 10.3 Å². The molecule has 2 rings (SSSR count). The van der Waals surface area contributed by atoms with Crippen molar-refractivity contribution in [2.45, 2.75) is 37.9 Å². The lowest BCUT2D eigenvalue weighted by Crippen LogP contribution is -2.41. The van der Waals surface area contributed by atoms with E-state index in [0.717, 1.165) is 6.20 Å². The lowest BCUT2D eigenvalue weighted by Gasteiger charge is -2.31. The van der Waals surface area contributed by atoms with Gasteiger partial charge in [-0.2, -0.15) is 13.2 Å². The number of nitrogens with one attached hydrogen (secondary N) is 1. The highest BCUT2D eigenvalue weighted by atomic mass is 19.4. The van der Waals surface area contributed by atoms with Crippen molar-refractivity contribution in [2.75, 3.05) is 0 Å². The first-order chi connectivity index (χ1) is 10.3.